The Bertz CT molecular complexity index is 671. The number of aromatic nitrogens is 4. The maximum absolute atomic E-state index is 5.91. The second kappa shape index (κ2) is 4.23. The van der Waals surface area contributed by atoms with Crippen molar-refractivity contribution in [3.63, 3.8) is 0 Å². The Morgan fingerprint density at radius 2 is 2.17 bits per heavy atom. The summed E-state index contributed by atoms with van der Waals surface area (Å²) in [6, 6.07) is 5.70. The van der Waals surface area contributed by atoms with Crippen molar-refractivity contribution in [1.29, 1.82) is 0 Å². The van der Waals surface area contributed by atoms with E-state index < -0.39 is 0 Å². The summed E-state index contributed by atoms with van der Waals surface area (Å²) in [6.45, 7) is 1.97. The van der Waals surface area contributed by atoms with Gasteiger partial charge in [0.15, 0.2) is 5.82 Å². The molecular formula is C12H11N5S. The van der Waals surface area contributed by atoms with E-state index in [9.17, 15) is 0 Å². The maximum Gasteiger partial charge on any atom is 0.155 e. The first-order valence-electron chi connectivity index (χ1n) is 5.43. The van der Waals surface area contributed by atoms with Crippen LogP contribution in [0.3, 0.4) is 0 Å². The minimum absolute atomic E-state index is 0.439. The number of hydrogen-bond acceptors (Lipinski definition) is 5. The van der Waals surface area contributed by atoms with Crippen LogP contribution < -0.4 is 5.73 Å². The number of anilines is 1. The van der Waals surface area contributed by atoms with Crippen LogP contribution in [0.1, 0.15) is 5.01 Å². The number of nitrogens with one attached hydrogen (secondary N) is 1. The predicted molar refractivity (Wildman–Crippen MR) is 72.1 cm³/mol. The summed E-state index contributed by atoms with van der Waals surface area (Å²) in [7, 11) is 0. The highest BCUT2D eigenvalue weighted by Crippen LogP contribution is 2.33. The number of nitrogens with two attached hydrogens (primary N) is 1. The Morgan fingerprint density at radius 1 is 1.28 bits per heavy atom. The molecule has 0 bridgehead atoms. The first-order chi connectivity index (χ1) is 8.75. The van der Waals surface area contributed by atoms with Gasteiger partial charge in [0.25, 0.3) is 0 Å². The van der Waals surface area contributed by atoms with Crippen LogP contribution in [0.4, 0.5) is 5.82 Å². The molecule has 0 aliphatic rings. The third-order valence-corrected chi connectivity index (χ3v) is 3.36. The van der Waals surface area contributed by atoms with Gasteiger partial charge in [-0.1, -0.05) is 6.07 Å². The van der Waals surface area contributed by atoms with Gasteiger partial charge in [-0.2, -0.15) is 5.10 Å². The highest BCUT2D eigenvalue weighted by atomic mass is 32.1. The van der Waals surface area contributed by atoms with E-state index in [4.69, 9.17) is 5.73 Å². The third kappa shape index (κ3) is 1.76. The SMILES string of the molecule is Cc1nc(-c2[nH]nc(N)c2-c2ccccn2)cs1. The molecule has 0 unspecified atom stereocenters. The first kappa shape index (κ1) is 10.9. The number of aryl methyl sites for hydroxylation is 1. The second-order valence-corrected chi connectivity index (χ2v) is 4.89. The molecule has 3 N–H and O–H groups in total. The number of thiazole rings is 1. The van der Waals surface area contributed by atoms with Crippen molar-refractivity contribution in [2.24, 2.45) is 0 Å². The summed E-state index contributed by atoms with van der Waals surface area (Å²) in [5, 5.41) is 9.97. The summed E-state index contributed by atoms with van der Waals surface area (Å²) < 4.78 is 0. The van der Waals surface area contributed by atoms with Gasteiger partial charge in [-0.3, -0.25) is 10.1 Å². The Labute approximate surface area is 108 Å². The van der Waals surface area contributed by atoms with Crippen LogP contribution in [0.15, 0.2) is 29.8 Å². The zero-order valence-electron chi connectivity index (χ0n) is 9.71. The van der Waals surface area contributed by atoms with Gasteiger partial charge in [0.05, 0.1) is 22.0 Å². The van der Waals surface area contributed by atoms with Gasteiger partial charge in [-0.15, -0.1) is 11.3 Å². The molecule has 0 spiro atoms. The van der Waals surface area contributed by atoms with Gasteiger partial charge in [0.2, 0.25) is 0 Å². The van der Waals surface area contributed by atoms with E-state index in [0.717, 1.165) is 27.7 Å². The van der Waals surface area contributed by atoms with Crippen LogP contribution in [0.5, 0.6) is 0 Å². The van der Waals surface area contributed by atoms with Gasteiger partial charge in [0, 0.05) is 11.6 Å². The van der Waals surface area contributed by atoms with Crippen molar-refractivity contribution in [3.8, 4) is 22.6 Å². The Morgan fingerprint density at radius 3 is 2.83 bits per heavy atom. The average Bonchev–Trinajstić information content (AvgIpc) is 2.96. The molecule has 0 aromatic carbocycles. The summed E-state index contributed by atoms with van der Waals surface area (Å²) in [5.41, 5.74) is 9.18. The van der Waals surface area contributed by atoms with Crippen molar-refractivity contribution in [2.75, 3.05) is 5.73 Å². The average molecular weight is 257 g/mol. The predicted octanol–water partition coefficient (Wildman–Crippen LogP) is 2.49. The van der Waals surface area contributed by atoms with Gasteiger partial charge < -0.3 is 5.73 Å². The normalized spacial score (nSPS) is 10.7. The number of nitrogens with zero attached hydrogens (tertiary/aromatic N) is 3. The topological polar surface area (TPSA) is 80.5 Å². The molecule has 5 nitrogen and oxygen atoms in total. The smallest absolute Gasteiger partial charge is 0.155 e. The zero-order valence-corrected chi connectivity index (χ0v) is 10.5. The molecule has 0 fully saturated rings. The standard InChI is InChI=1S/C12H11N5S/c1-7-15-9(6-18-7)11-10(12(13)17-16-11)8-4-2-3-5-14-8/h2-6H,1H3,(H3,13,16,17). The molecule has 90 valence electrons. The van der Waals surface area contributed by atoms with Crippen molar-refractivity contribution >= 4 is 17.2 Å². The van der Waals surface area contributed by atoms with E-state index in [0.29, 0.717) is 5.82 Å². The molecule has 3 rings (SSSR count). The summed E-state index contributed by atoms with van der Waals surface area (Å²) >= 11 is 1.59. The van der Waals surface area contributed by atoms with Crippen LogP contribution in [0, 0.1) is 6.92 Å². The van der Waals surface area contributed by atoms with E-state index in [1.807, 2.05) is 30.5 Å². The molecule has 3 aromatic heterocycles. The molecule has 6 heteroatoms. The van der Waals surface area contributed by atoms with Gasteiger partial charge in [-0.05, 0) is 19.1 Å². The van der Waals surface area contributed by atoms with Crippen molar-refractivity contribution in [3.05, 3.63) is 34.8 Å². The zero-order chi connectivity index (χ0) is 12.5. The van der Waals surface area contributed by atoms with E-state index in [-0.39, 0.29) is 0 Å². The lowest BCUT2D eigenvalue weighted by Crippen LogP contribution is -1.90. The fraction of sp³-hybridized carbons (Fsp3) is 0.0833. The molecule has 3 aromatic rings. The molecule has 3 heterocycles. The lowest BCUT2D eigenvalue weighted by Gasteiger charge is -2.00. The lowest BCUT2D eigenvalue weighted by molar-refractivity contribution is 1.09. The Hall–Kier alpha value is -2.21. The Kier molecular flexibility index (Phi) is 2.56. The highest BCUT2D eigenvalue weighted by molar-refractivity contribution is 7.09. The largest absolute Gasteiger partial charge is 0.382 e. The monoisotopic (exact) mass is 257 g/mol. The summed E-state index contributed by atoms with van der Waals surface area (Å²) in [5.74, 6) is 0.439. The highest BCUT2D eigenvalue weighted by Gasteiger charge is 2.17. The maximum atomic E-state index is 5.91. The van der Waals surface area contributed by atoms with Crippen LogP contribution >= 0.6 is 11.3 Å². The van der Waals surface area contributed by atoms with E-state index >= 15 is 0 Å². The van der Waals surface area contributed by atoms with Gasteiger partial charge >= 0.3 is 0 Å². The molecule has 0 amide bonds. The summed E-state index contributed by atoms with van der Waals surface area (Å²) in [6.07, 6.45) is 1.73. The first-order valence-corrected chi connectivity index (χ1v) is 6.31. The van der Waals surface area contributed by atoms with E-state index in [1.54, 1.807) is 17.5 Å². The van der Waals surface area contributed by atoms with Crippen LogP contribution in [0.25, 0.3) is 22.6 Å². The molecule has 0 atom stereocenters. The van der Waals surface area contributed by atoms with Crippen LogP contribution in [0.2, 0.25) is 0 Å². The van der Waals surface area contributed by atoms with Crippen molar-refractivity contribution in [2.45, 2.75) is 6.92 Å². The lowest BCUT2D eigenvalue weighted by atomic mass is 10.1. The number of aromatic amines is 1. The van der Waals surface area contributed by atoms with Crippen LogP contribution in [-0.2, 0) is 0 Å². The number of nitrogen functional groups attached to an aromatic ring is 1. The minimum atomic E-state index is 0.439. The molecule has 18 heavy (non-hydrogen) atoms. The molecule has 0 saturated carbocycles. The molecule has 0 aliphatic heterocycles. The van der Waals surface area contributed by atoms with Gasteiger partial charge in [-0.25, -0.2) is 4.98 Å². The molecule has 0 aliphatic carbocycles. The van der Waals surface area contributed by atoms with Crippen LogP contribution in [-0.4, -0.2) is 20.2 Å². The minimum Gasteiger partial charge on any atom is -0.382 e. The number of hydrogen-bond donors (Lipinski definition) is 2. The quantitative estimate of drug-likeness (QED) is 0.739. The van der Waals surface area contributed by atoms with Gasteiger partial charge in [0.1, 0.15) is 5.69 Å². The van der Waals surface area contributed by atoms with Crippen molar-refractivity contribution in [1.82, 2.24) is 20.2 Å². The second-order valence-electron chi connectivity index (χ2n) is 3.83. The Balaban J connectivity index is 2.18. The van der Waals surface area contributed by atoms with E-state index in [2.05, 4.69) is 20.2 Å². The summed E-state index contributed by atoms with van der Waals surface area (Å²) in [4.78, 5) is 8.75. The number of pyridine rings is 1. The fourth-order valence-electron chi connectivity index (χ4n) is 1.79. The molecule has 0 radical (unpaired) electrons. The molecular weight excluding hydrogens is 246 g/mol. The fourth-order valence-corrected chi connectivity index (χ4v) is 2.39. The third-order valence-electron chi connectivity index (χ3n) is 2.59. The van der Waals surface area contributed by atoms with Crippen molar-refractivity contribution < 1.29 is 0 Å². The van der Waals surface area contributed by atoms with E-state index in [1.165, 1.54) is 0 Å². The molecule has 0 saturated heterocycles. The number of H-pyrrole nitrogens is 1. The number of rotatable bonds is 2.